The normalized spacial score (nSPS) is 24.8. The van der Waals surface area contributed by atoms with E-state index in [2.05, 4.69) is 0 Å². The lowest BCUT2D eigenvalue weighted by Crippen LogP contribution is -2.49. The summed E-state index contributed by atoms with van der Waals surface area (Å²) in [5.74, 6) is 1.04. The molecule has 2 aromatic carbocycles. The van der Waals surface area contributed by atoms with E-state index < -0.39 is 0 Å². The number of fused-ring (bicyclic) bond motifs is 2. The molecule has 5 nitrogen and oxygen atoms in total. The van der Waals surface area contributed by atoms with Gasteiger partial charge in [0, 0.05) is 18.0 Å². The van der Waals surface area contributed by atoms with Gasteiger partial charge in [-0.2, -0.15) is 0 Å². The monoisotopic (exact) mass is 375 g/mol. The fourth-order valence-electron chi connectivity index (χ4n) is 4.72. The summed E-state index contributed by atoms with van der Waals surface area (Å²) in [6.07, 6.45) is 4.55. The molecule has 0 radical (unpaired) electrons. The summed E-state index contributed by atoms with van der Waals surface area (Å²) < 4.78 is 11.5. The molecule has 1 aliphatic carbocycles. The van der Waals surface area contributed by atoms with Crippen LogP contribution in [0.5, 0.6) is 11.5 Å². The van der Waals surface area contributed by atoms with E-state index in [1.54, 1.807) is 19.3 Å². The number of ether oxygens (including phenoxy) is 2. The van der Waals surface area contributed by atoms with Crippen LogP contribution in [-0.2, 0) is 11.4 Å². The molecular weight excluding hydrogens is 354 g/mol. The van der Waals surface area contributed by atoms with Crippen LogP contribution in [0.1, 0.15) is 33.8 Å². The average Bonchev–Trinajstić information content (AvgIpc) is 3.16. The van der Waals surface area contributed by atoms with Crippen LogP contribution in [0.2, 0.25) is 0 Å². The number of carbonyl (C=O) groups is 2. The number of benzene rings is 2. The third-order valence-corrected chi connectivity index (χ3v) is 6.06. The van der Waals surface area contributed by atoms with Crippen LogP contribution in [0.15, 0.2) is 54.6 Å². The molecule has 2 aliphatic heterocycles. The Morgan fingerprint density at radius 2 is 1.93 bits per heavy atom. The van der Waals surface area contributed by atoms with E-state index in [9.17, 15) is 9.59 Å². The molecule has 2 aromatic rings. The van der Waals surface area contributed by atoms with Crippen molar-refractivity contribution >= 4 is 11.7 Å². The lowest BCUT2D eigenvalue weighted by Gasteiger charge is -2.40. The molecule has 0 unspecified atom stereocenters. The molecule has 1 fully saturated rings. The molecule has 1 saturated heterocycles. The Labute approximate surface area is 163 Å². The highest BCUT2D eigenvalue weighted by Gasteiger charge is 2.50. The number of nitrogens with zero attached hydrogens (tertiary/aromatic N) is 1. The van der Waals surface area contributed by atoms with E-state index in [1.165, 1.54) is 0 Å². The first-order valence-corrected chi connectivity index (χ1v) is 9.59. The van der Waals surface area contributed by atoms with E-state index in [0.29, 0.717) is 30.2 Å². The molecule has 3 atom stereocenters. The Morgan fingerprint density at radius 1 is 1.11 bits per heavy atom. The van der Waals surface area contributed by atoms with Crippen molar-refractivity contribution in [2.24, 2.45) is 5.92 Å². The standard InChI is InChI=1S/C23H21NO4/c1-27-19-11-16-17(12-20(19)28-13-14-5-3-2-4-6-14)23(26)24-10-9-15-7-8-18(25)21(16)22(15)24/h2-8,11-12,15,21-22H,9-10,13H2,1H3/t15-,21-,22+/m1/s1. The molecule has 5 heteroatoms. The number of hydrogen-bond donors (Lipinski definition) is 0. The van der Waals surface area contributed by atoms with Crippen LogP contribution in [0.25, 0.3) is 0 Å². The molecule has 142 valence electrons. The maximum Gasteiger partial charge on any atom is 0.254 e. The molecule has 2 heterocycles. The molecule has 0 saturated carbocycles. The third kappa shape index (κ3) is 2.53. The first-order chi connectivity index (χ1) is 13.7. The summed E-state index contributed by atoms with van der Waals surface area (Å²) in [5.41, 5.74) is 2.34. The average molecular weight is 375 g/mol. The number of methoxy groups -OCH3 is 1. The molecule has 0 N–H and O–H groups in total. The van der Waals surface area contributed by atoms with Crippen molar-refractivity contribution in [3.8, 4) is 11.5 Å². The predicted molar refractivity (Wildman–Crippen MR) is 104 cm³/mol. The van der Waals surface area contributed by atoms with Gasteiger partial charge in [-0.05, 0) is 35.8 Å². The first-order valence-electron chi connectivity index (χ1n) is 9.59. The number of allylic oxidation sites excluding steroid dienone is 1. The van der Waals surface area contributed by atoms with E-state index in [1.807, 2.05) is 47.4 Å². The first kappa shape index (κ1) is 17.0. The summed E-state index contributed by atoms with van der Waals surface area (Å²) >= 11 is 0. The van der Waals surface area contributed by atoms with Gasteiger partial charge >= 0.3 is 0 Å². The molecule has 0 aromatic heterocycles. The third-order valence-electron chi connectivity index (χ3n) is 6.06. The number of rotatable bonds is 4. The minimum atomic E-state index is -0.317. The van der Waals surface area contributed by atoms with Gasteiger partial charge in [0.25, 0.3) is 5.91 Å². The molecular formula is C23H21NO4. The van der Waals surface area contributed by atoms with Crippen molar-refractivity contribution in [1.29, 1.82) is 0 Å². The molecule has 0 spiro atoms. The van der Waals surface area contributed by atoms with Gasteiger partial charge in [0.2, 0.25) is 0 Å². The fraction of sp³-hybridized carbons (Fsp3) is 0.304. The SMILES string of the molecule is COc1cc2c(cc1OCc1ccccc1)C(=O)N1CC[C@H]3C=CC(=O)[C@@H]2[C@H]31. The van der Waals surface area contributed by atoms with Crippen LogP contribution >= 0.6 is 0 Å². The summed E-state index contributed by atoms with van der Waals surface area (Å²) in [5, 5.41) is 0. The minimum Gasteiger partial charge on any atom is -0.493 e. The van der Waals surface area contributed by atoms with E-state index in [0.717, 1.165) is 17.5 Å². The van der Waals surface area contributed by atoms with Gasteiger partial charge in [-0.15, -0.1) is 0 Å². The van der Waals surface area contributed by atoms with Crippen LogP contribution in [0.3, 0.4) is 0 Å². The lowest BCUT2D eigenvalue weighted by molar-refractivity contribution is -0.117. The van der Waals surface area contributed by atoms with Crippen LogP contribution < -0.4 is 9.47 Å². The van der Waals surface area contributed by atoms with Crippen molar-refractivity contribution in [2.75, 3.05) is 13.7 Å². The Balaban J connectivity index is 1.55. The molecule has 28 heavy (non-hydrogen) atoms. The fourth-order valence-corrected chi connectivity index (χ4v) is 4.72. The Bertz CT molecular complexity index is 982. The van der Waals surface area contributed by atoms with Crippen LogP contribution in [-0.4, -0.2) is 36.3 Å². The van der Waals surface area contributed by atoms with Crippen molar-refractivity contribution in [2.45, 2.75) is 25.0 Å². The van der Waals surface area contributed by atoms with Gasteiger partial charge in [-0.1, -0.05) is 36.4 Å². The predicted octanol–water partition coefficient (Wildman–Crippen LogP) is 3.34. The minimum absolute atomic E-state index is 0.0194. The maximum atomic E-state index is 13.2. The van der Waals surface area contributed by atoms with Crippen LogP contribution in [0.4, 0.5) is 0 Å². The Hall–Kier alpha value is -3.08. The van der Waals surface area contributed by atoms with E-state index in [4.69, 9.17) is 9.47 Å². The van der Waals surface area contributed by atoms with Gasteiger partial charge in [0.05, 0.1) is 19.1 Å². The quantitative estimate of drug-likeness (QED) is 0.822. The summed E-state index contributed by atoms with van der Waals surface area (Å²) in [7, 11) is 1.58. The van der Waals surface area contributed by atoms with Crippen molar-refractivity contribution < 1.29 is 19.1 Å². The lowest BCUT2D eigenvalue weighted by atomic mass is 9.73. The van der Waals surface area contributed by atoms with Gasteiger partial charge in [0.15, 0.2) is 17.3 Å². The van der Waals surface area contributed by atoms with Gasteiger partial charge < -0.3 is 14.4 Å². The number of amides is 1. The number of ketones is 1. The maximum absolute atomic E-state index is 13.2. The van der Waals surface area contributed by atoms with E-state index >= 15 is 0 Å². The van der Waals surface area contributed by atoms with E-state index in [-0.39, 0.29) is 29.6 Å². The Morgan fingerprint density at radius 3 is 2.71 bits per heavy atom. The largest absolute Gasteiger partial charge is 0.493 e. The van der Waals surface area contributed by atoms with Crippen molar-refractivity contribution in [3.63, 3.8) is 0 Å². The molecule has 0 bridgehead atoms. The molecule has 3 aliphatic rings. The van der Waals surface area contributed by atoms with Crippen molar-refractivity contribution in [3.05, 3.63) is 71.3 Å². The second-order valence-electron chi connectivity index (χ2n) is 7.55. The highest BCUT2D eigenvalue weighted by atomic mass is 16.5. The zero-order valence-electron chi connectivity index (χ0n) is 15.6. The number of hydrogen-bond acceptors (Lipinski definition) is 4. The number of carbonyl (C=O) groups excluding carboxylic acids is 2. The smallest absolute Gasteiger partial charge is 0.254 e. The molecule has 1 amide bonds. The second-order valence-corrected chi connectivity index (χ2v) is 7.55. The highest BCUT2D eigenvalue weighted by Crippen LogP contribution is 2.47. The summed E-state index contributed by atoms with van der Waals surface area (Å²) in [4.78, 5) is 27.7. The van der Waals surface area contributed by atoms with Gasteiger partial charge in [-0.3, -0.25) is 9.59 Å². The zero-order chi connectivity index (χ0) is 19.3. The van der Waals surface area contributed by atoms with Gasteiger partial charge in [-0.25, -0.2) is 0 Å². The summed E-state index contributed by atoms with van der Waals surface area (Å²) in [6.45, 7) is 1.07. The van der Waals surface area contributed by atoms with Crippen LogP contribution in [0, 0.1) is 5.92 Å². The van der Waals surface area contributed by atoms with Gasteiger partial charge in [0.1, 0.15) is 6.61 Å². The molecule has 5 rings (SSSR count). The van der Waals surface area contributed by atoms with Crippen molar-refractivity contribution in [1.82, 2.24) is 4.90 Å². The summed E-state index contributed by atoms with van der Waals surface area (Å²) in [6, 6.07) is 13.3. The zero-order valence-corrected chi connectivity index (χ0v) is 15.6. The second kappa shape index (κ2) is 6.51. The topological polar surface area (TPSA) is 55.8 Å². The Kier molecular flexibility index (Phi) is 3.97. The highest BCUT2D eigenvalue weighted by molar-refractivity contribution is 6.06.